The van der Waals surface area contributed by atoms with Crippen molar-refractivity contribution in [3.8, 4) is 0 Å². The number of furan rings is 1. The highest BCUT2D eigenvalue weighted by molar-refractivity contribution is 7.89. The highest BCUT2D eigenvalue weighted by Gasteiger charge is 2.17. The number of hydrazone groups is 1. The Morgan fingerprint density at radius 2 is 1.88 bits per heavy atom. The number of rotatable bonds is 7. The van der Waals surface area contributed by atoms with E-state index in [-0.39, 0.29) is 17.0 Å². The van der Waals surface area contributed by atoms with Crippen molar-refractivity contribution in [1.82, 2.24) is 15.0 Å². The highest BCUT2D eigenvalue weighted by Crippen LogP contribution is 2.13. The van der Waals surface area contributed by atoms with Crippen molar-refractivity contribution >= 4 is 28.1 Å². The van der Waals surface area contributed by atoms with E-state index in [1.54, 1.807) is 12.1 Å². The monoisotopic (exact) mass is 378 g/mol. The summed E-state index contributed by atoms with van der Waals surface area (Å²) in [5, 5.41) is 6.09. The van der Waals surface area contributed by atoms with Crippen molar-refractivity contribution in [3.05, 3.63) is 54.0 Å². The molecule has 0 fully saturated rings. The van der Waals surface area contributed by atoms with E-state index in [0.717, 1.165) is 4.31 Å². The molecule has 2 amide bonds. The van der Waals surface area contributed by atoms with Crippen LogP contribution in [0, 0.1) is 0 Å². The molecule has 0 aliphatic heterocycles. The van der Waals surface area contributed by atoms with Crippen LogP contribution in [0.25, 0.3) is 0 Å². The lowest BCUT2D eigenvalue weighted by atomic mass is 10.2. The molecule has 1 aromatic carbocycles. The molecule has 1 aromatic heterocycles. The molecule has 0 bridgehead atoms. The van der Waals surface area contributed by atoms with Gasteiger partial charge >= 0.3 is 0 Å². The zero-order chi connectivity index (χ0) is 19.2. The van der Waals surface area contributed by atoms with Crippen LogP contribution < -0.4 is 10.7 Å². The first-order chi connectivity index (χ1) is 12.3. The lowest BCUT2D eigenvalue weighted by Gasteiger charge is -2.11. The van der Waals surface area contributed by atoms with Gasteiger partial charge in [0.2, 0.25) is 10.0 Å². The fraction of sp³-hybridized carbons (Fsp3) is 0.188. The second-order valence-corrected chi connectivity index (χ2v) is 7.45. The molecular formula is C16H18N4O5S. The summed E-state index contributed by atoms with van der Waals surface area (Å²) in [6.07, 6.45) is 2.79. The van der Waals surface area contributed by atoms with Gasteiger partial charge in [0, 0.05) is 19.7 Å². The molecule has 2 aromatic rings. The second-order valence-electron chi connectivity index (χ2n) is 5.30. The minimum absolute atomic E-state index is 0.0732. The van der Waals surface area contributed by atoms with Crippen LogP contribution in [-0.4, -0.2) is 51.4 Å². The fourth-order valence-corrected chi connectivity index (χ4v) is 2.73. The number of sulfonamides is 1. The van der Waals surface area contributed by atoms with Crippen LogP contribution in [0.1, 0.15) is 16.1 Å². The summed E-state index contributed by atoms with van der Waals surface area (Å²) in [6.45, 7) is -0.286. The summed E-state index contributed by atoms with van der Waals surface area (Å²) in [4.78, 5) is 23.7. The van der Waals surface area contributed by atoms with Crippen molar-refractivity contribution in [2.75, 3.05) is 20.6 Å². The van der Waals surface area contributed by atoms with Gasteiger partial charge in [-0.1, -0.05) is 0 Å². The third-order valence-electron chi connectivity index (χ3n) is 3.23. The van der Waals surface area contributed by atoms with Crippen molar-refractivity contribution in [1.29, 1.82) is 0 Å². The van der Waals surface area contributed by atoms with Crippen molar-refractivity contribution in [2.24, 2.45) is 5.10 Å². The lowest BCUT2D eigenvalue weighted by molar-refractivity contribution is -0.120. The van der Waals surface area contributed by atoms with E-state index in [9.17, 15) is 18.0 Å². The molecule has 0 unspecified atom stereocenters. The Morgan fingerprint density at radius 3 is 2.46 bits per heavy atom. The molecule has 0 aliphatic carbocycles. The number of hydrogen-bond acceptors (Lipinski definition) is 6. The summed E-state index contributed by atoms with van der Waals surface area (Å²) in [6, 6.07) is 8.75. The van der Waals surface area contributed by atoms with Gasteiger partial charge in [-0.3, -0.25) is 9.59 Å². The van der Waals surface area contributed by atoms with E-state index in [4.69, 9.17) is 4.42 Å². The average molecular weight is 378 g/mol. The first-order valence-electron chi connectivity index (χ1n) is 7.47. The van der Waals surface area contributed by atoms with Crippen LogP contribution >= 0.6 is 0 Å². The molecule has 0 saturated heterocycles. The van der Waals surface area contributed by atoms with E-state index in [2.05, 4.69) is 15.8 Å². The van der Waals surface area contributed by atoms with Gasteiger partial charge in [-0.05, 0) is 36.4 Å². The number of carbonyl (C=O) groups is 2. The van der Waals surface area contributed by atoms with Gasteiger partial charge < -0.3 is 9.73 Å². The van der Waals surface area contributed by atoms with Crippen LogP contribution in [0.3, 0.4) is 0 Å². The summed E-state index contributed by atoms with van der Waals surface area (Å²) < 4.78 is 30.0. The van der Waals surface area contributed by atoms with Crippen LogP contribution in [0.2, 0.25) is 0 Å². The molecule has 0 aliphatic rings. The molecule has 2 rings (SSSR count). The maximum atomic E-state index is 12.0. The van der Waals surface area contributed by atoms with Gasteiger partial charge in [0.05, 0.1) is 23.9 Å². The predicted molar refractivity (Wildman–Crippen MR) is 94.1 cm³/mol. The van der Waals surface area contributed by atoms with E-state index in [1.807, 2.05) is 0 Å². The molecule has 2 N–H and O–H groups in total. The van der Waals surface area contributed by atoms with Crippen LogP contribution in [-0.2, 0) is 14.8 Å². The Morgan fingerprint density at radius 1 is 1.19 bits per heavy atom. The molecule has 1 heterocycles. The van der Waals surface area contributed by atoms with Crippen LogP contribution in [0.4, 0.5) is 0 Å². The molecule has 0 saturated carbocycles. The molecule has 0 spiro atoms. The Hall–Kier alpha value is -2.98. The summed E-state index contributed by atoms with van der Waals surface area (Å²) in [5.74, 6) is -0.556. The molecule has 10 heteroatoms. The third kappa shape index (κ3) is 5.01. The van der Waals surface area contributed by atoms with E-state index in [0.29, 0.717) is 5.76 Å². The first-order valence-corrected chi connectivity index (χ1v) is 8.91. The molecule has 138 valence electrons. The van der Waals surface area contributed by atoms with Crippen LogP contribution in [0.15, 0.2) is 57.1 Å². The van der Waals surface area contributed by atoms with Crippen LogP contribution in [0.5, 0.6) is 0 Å². The highest BCUT2D eigenvalue weighted by atomic mass is 32.2. The van der Waals surface area contributed by atoms with Gasteiger partial charge in [-0.15, -0.1) is 0 Å². The van der Waals surface area contributed by atoms with E-state index in [1.165, 1.54) is 50.8 Å². The zero-order valence-electron chi connectivity index (χ0n) is 14.2. The van der Waals surface area contributed by atoms with Gasteiger partial charge in [-0.2, -0.15) is 5.10 Å². The normalized spacial score (nSPS) is 11.7. The van der Waals surface area contributed by atoms with Gasteiger partial charge in [0.1, 0.15) is 5.76 Å². The number of benzene rings is 1. The molecule has 0 atom stereocenters. The summed E-state index contributed by atoms with van der Waals surface area (Å²) in [5.41, 5.74) is 2.47. The fourth-order valence-electron chi connectivity index (χ4n) is 1.82. The molecular weight excluding hydrogens is 360 g/mol. The van der Waals surface area contributed by atoms with E-state index >= 15 is 0 Å². The van der Waals surface area contributed by atoms with Gasteiger partial charge in [0.15, 0.2) is 0 Å². The Balaban J connectivity index is 1.86. The van der Waals surface area contributed by atoms with E-state index < -0.39 is 21.8 Å². The number of nitrogens with one attached hydrogen (secondary N) is 2. The predicted octanol–water partition coefficient (Wildman–Crippen LogP) is 0.410. The maximum Gasteiger partial charge on any atom is 0.259 e. The maximum absolute atomic E-state index is 12.0. The van der Waals surface area contributed by atoms with Gasteiger partial charge in [-0.25, -0.2) is 18.1 Å². The zero-order valence-corrected chi connectivity index (χ0v) is 15.0. The summed E-state index contributed by atoms with van der Waals surface area (Å²) >= 11 is 0. The van der Waals surface area contributed by atoms with Gasteiger partial charge in [0.25, 0.3) is 11.8 Å². The number of nitrogens with zero attached hydrogens (tertiary/aromatic N) is 2. The lowest BCUT2D eigenvalue weighted by Crippen LogP contribution is -2.34. The quantitative estimate of drug-likeness (QED) is 0.534. The first kappa shape index (κ1) is 19.3. The van der Waals surface area contributed by atoms with Crippen molar-refractivity contribution < 1.29 is 22.4 Å². The minimum atomic E-state index is -3.56. The topological polar surface area (TPSA) is 121 Å². The number of hydrogen-bond donors (Lipinski definition) is 2. The van der Waals surface area contributed by atoms with Crippen molar-refractivity contribution in [3.63, 3.8) is 0 Å². The largest absolute Gasteiger partial charge is 0.463 e. The Labute approximate surface area is 150 Å². The SMILES string of the molecule is CN(C)S(=O)(=O)c1ccc(C(=O)NCC(=O)N/N=C\c2ccco2)cc1. The molecule has 9 nitrogen and oxygen atoms in total. The smallest absolute Gasteiger partial charge is 0.259 e. The Bertz CT molecular complexity index is 887. The number of amides is 2. The molecule has 26 heavy (non-hydrogen) atoms. The third-order valence-corrected chi connectivity index (χ3v) is 5.06. The average Bonchev–Trinajstić information content (AvgIpc) is 3.13. The second kappa shape index (κ2) is 8.41. The Kier molecular flexibility index (Phi) is 6.26. The molecule has 0 radical (unpaired) electrons. The minimum Gasteiger partial charge on any atom is -0.463 e. The number of carbonyl (C=O) groups excluding carboxylic acids is 2. The van der Waals surface area contributed by atoms with Crippen molar-refractivity contribution in [2.45, 2.75) is 4.90 Å². The standard InChI is InChI=1S/C16H18N4O5S/c1-20(2)26(23,24)14-7-5-12(6-8-14)16(22)17-11-15(21)19-18-10-13-4-3-9-25-13/h3-10H,11H2,1-2H3,(H,17,22)(H,19,21)/b18-10-. The summed E-state index contributed by atoms with van der Waals surface area (Å²) in [7, 11) is -0.721.